The van der Waals surface area contributed by atoms with E-state index < -0.39 is 10.9 Å². The Morgan fingerprint density at radius 2 is 1.21 bits per heavy atom. The average Bonchev–Trinajstić information content (AvgIpc) is 2.76. The van der Waals surface area contributed by atoms with Crippen molar-refractivity contribution in [2.24, 2.45) is 0 Å². The van der Waals surface area contributed by atoms with Gasteiger partial charge in [0.05, 0.1) is 46.2 Å². The largest absolute Gasteiger partial charge is 0.383 e. The lowest BCUT2D eigenvalue weighted by Crippen LogP contribution is -2.38. The fourth-order valence-electron chi connectivity index (χ4n) is 2.16. The molecular formula is C20H36N2O7. The first-order chi connectivity index (χ1) is 14.1. The molecule has 0 radical (unpaired) electrons. The van der Waals surface area contributed by atoms with Crippen LogP contribution < -0.4 is 21.5 Å². The number of ketones is 1. The van der Waals surface area contributed by atoms with Gasteiger partial charge in [0.2, 0.25) is 0 Å². The maximum atomic E-state index is 11.5. The number of rotatable bonds is 18. The number of hydrogen-bond donors (Lipinski definition) is 2. The lowest BCUT2D eigenvalue weighted by atomic mass is 10.2. The Labute approximate surface area is 172 Å². The van der Waals surface area contributed by atoms with E-state index in [1.165, 1.54) is 0 Å². The van der Waals surface area contributed by atoms with E-state index in [1.807, 2.05) is 20.8 Å². The van der Waals surface area contributed by atoms with Gasteiger partial charge in [0.15, 0.2) is 0 Å². The Morgan fingerprint density at radius 1 is 0.759 bits per heavy atom. The Balaban J connectivity index is 0.00000379. The second kappa shape index (κ2) is 18.2. The zero-order valence-electron chi connectivity index (χ0n) is 18.1. The van der Waals surface area contributed by atoms with Crippen molar-refractivity contribution in [1.82, 2.24) is 0 Å². The number of nitrogens with one attached hydrogen (secondary N) is 2. The van der Waals surface area contributed by atoms with Crippen molar-refractivity contribution in [3.63, 3.8) is 0 Å². The summed E-state index contributed by atoms with van der Waals surface area (Å²) in [5, 5.41) is 5.79. The smallest absolute Gasteiger partial charge is 0.253 e. The van der Waals surface area contributed by atoms with Gasteiger partial charge in [0, 0.05) is 33.0 Å². The molecule has 0 aromatic heterocycles. The highest BCUT2D eigenvalue weighted by atomic mass is 16.5. The van der Waals surface area contributed by atoms with Crippen molar-refractivity contribution in [2.75, 3.05) is 77.1 Å². The summed E-state index contributed by atoms with van der Waals surface area (Å²) in [6, 6.07) is 0. The molecule has 0 spiro atoms. The van der Waals surface area contributed by atoms with E-state index in [0.717, 1.165) is 0 Å². The Bertz CT molecular complexity index is 612. The molecule has 0 bridgehead atoms. The predicted molar refractivity (Wildman–Crippen MR) is 114 cm³/mol. The Hall–Kier alpha value is -1.81. The SMILES string of the molecule is CC.CCC(=O)CCOCCOCCOCCNc1c(NCCOC)c(=O)c1=O. The minimum atomic E-state index is -0.515. The number of hydrogen-bond acceptors (Lipinski definition) is 9. The van der Waals surface area contributed by atoms with Gasteiger partial charge in [-0.1, -0.05) is 20.8 Å². The zero-order valence-corrected chi connectivity index (χ0v) is 18.1. The summed E-state index contributed by atoms with van der Waals surface area (Å²) < 4.78 is 20.9. The topological polar surface area (TPSA) is 112 Å². The quantitative estimate of drug-likeness (QED) is 0.269. The number of ether oxygens (including phenoxy) is 4. The third kappa shape index (κ3) is 11.7. The molecular weight excluding hydrogens is 380 g/mol. The molecule has 1 aromatic carbocycles. The van der Waals surface area contributed by atoms with Gasteiger partial charge in [-0.05, 0) is 0 Å². The third-order valence-electron chi connectivity index (χ3n) is 3.73. The van der Waals surface area contributed by atoms with Gasteiger partial charge in [0.1, 0.15) is 17.2 Å². The van der Waals surface area contributed by atoms with E-state index >= 15 is 0 Å². The average molecular weight is 417 g/mol. The van der Waals surface area contributed by atoms with Crippen molar-refractivity contribution >= 4 is 17.2 Å². The van der Waals surface area contributed by atoms with Crippen LogP contribution in [0.15, 0.2) is 9.59 Å². The molecule has 9 nitrogen and oxygen atoms in total. The van der Waals surface area contributed by atoms with Crippen molar-refractivity contribution in [2.45, 2.75) is 33.6 Å². The molecule has 0 atom stereocenters. The minimum Gasteiger partial charge on any atom is -0.383 e. The number of methoxy groups -OCH3 is 1. The first-order valence-electron chi connectivity index (χ1n) is 10.2. The van der Waals surface area contributed by atoms with Crippen LogP contribution >= 0.6 is 0 Å². The molecule has 1 aromatic rings. The molecule has 0 aliphatic rings. The molecule has 1 rings (SSSR count). The van der Waals surface area contributed by atoms with Gasteiger partial charge in [-0.3, -0.25) is 14.4 Å². The highest BCUT2D eigenvalue weighted by Gasteiger charge is 2.19. The minimum absolute atomic E-state index is 0.194. The van der Waals surface area contributed by atoms with Crippen LogP contribution in [0.3, 0.4) is 0 Å². The van der Waals surface area contributed by atoms with Crippen LogP contribution in [-0.4, -0.2) is 72.2 Å². The van der Waals surface area contributed by atoms with Gasteiger partial charge >= 0.3 is 0 Å². The zero-order chi connectivity index (χ0) is 21.9. The molecule has 0 heterocycles. The fraction of sp³-hybridized carbons (Fsp3) is 0.750. The van der Waals surface area contributed by atoms with Gasteiger partial charge in [0.25, 0.3) is 10.9 Å². The molecule has 29 heavy (non-hydrogen) atoms. The van der Waals surface area contributed by atoms with Crippen LogP contribution in [0.1, 0.15) is 33.6 Å². The van der Waals surface area contributed by atoms with E-state index in [1.54, 1.807) is 7.11 Å². The summed E-state index contributed by atoms with van der Waals surface area (Å²) >= 11 is 0. The molecule has 0 unspecified atom stereocenters. The highest BCUT2D eigenvalue weighted by Crippen LogP contribution is 2.13. The number of anilines is 2. The van der Waals surface area contributed by atoms with Crippen molar-refractivity contribution in [3.05, 3.63) is 20.4 Å². The summed E-state index contributed by atoms with van der Waals surface area (Å²) in [6.45, 7) is 9.71. The van der Waals surface area contributed by atoms with Gasteiger partial charge in [-0.25, -0.2) is 0 Å². The van der Waals surface area contributed by atoms with Crippen molar-refractivity contribution in [3.8, 4) is 0 Å². The molecule has 0 amide bonds. The van der Waals surface area contributed by atoms with E-state index in [9.17, 15) is 14.4 Å². The van der Waals surface area contributed by atoms with Crippen LogP contribution in [0.5, 0.6) is 0 Å². The third-order valence-corrected chi connectivity index (χ3v) is 3.73. The summed E-state index contributed by atoms with van der Waals surface area (Å²) in [5.41, 5.74) is -0.418. The van der Waals surface area contributed by atoms with Crippen LogP contribution in [0.4, 0.5) is 11.4 Å². The summed E-state index contributed by atoms with van der Waals surface area (Å²) in [4.78, 5) is 34.1. The van der Waals surface area contributed by atoms with E-state index in [0.29, 0.717) is 83.6 Å². The maximum absolute atomic E-state index is 11.5. The number of carbonyl (C=O) groups is 1. The molecule has 0 saturated carbocycles. The van der Waals surface area contributed by atoms with E-state index in [2.05, 4.69) is 10.6 Å². The van der Waals surface area contributed by atoms with Gasteiger partial charge in [-0.15, -0.1) is 0 Å². The van der Waals surface area contributed by atoms with Crippen LogP contribution in [0, 0.1) is 0 Å². The number of Topliss-reactive ketones (excluding diaryl/α,β-unsaturated/α-hetero) is 1. The first-order valence-corrected chi connectivity index (χ1v) is 10.2. The Kier molecular flexibility index (Phi) is 17.1. The van der Waals surface area contributed by atoms with Gasteiger partial charge < -0.3 is 29.6 Å². The van der Waals surface area contributed by atoms with Crippen LogP contribution in [-0.2, 0) is 23.7 Å². The van der Waals surface area contributed by atoms with Crippen LogP contribution in [0.25, 0.3) is 0 Å². The molecule has 9 heteroatoms. The molecule has 168 valence electrons. The van der Waals surface area contributed by atoms with Gasteiger partial charge in [-0.2, -0.15) is 0 Å². The molecule has 0 saturated heterocycles. The number of carbonyl (C=O) groups excluding carboxylic acids is 1. The second-order valence-corrected chi connectivity index (χ2v) is 5.73. The molecule has 0 aliphatic carbocycles. The fourth-order valence-corrected chi connectivity index (χ4v) is 2.16. The lowest BCUT2D eigenvalue weighted by molar-refractivity contribution is -0.120. The molecule has 2 N–H and O–H groups in total. The normalized spacial score (nSPS) is 10.5. The first kappa shape index (κ1) is 27.2. The second-order valence-electron chi connectivity index (χ2n) is 5.73. The maximum Gasteiger partial charge on any atom is 0.253 e. The standard InChI is InChI=1S/C18H30N2O7.C2H6/c1-3-14(21)4-7-25-10-12-27-13-11-26-9-6-20-16-15(17(22)18(16)23)19-5-8-24-2;1-2/h19-20H,3-13H2,1-2H3;1-2H3. The van der Waals surface area contributed by atoms with Crippen LogP contribution in [0.2, 0.25) is 0 Å². The molecule has 0 fully saturated rings. The highest BCUT2D eigenvalue weighted by molar-refractivity contribution is 5.78. The van der Waals surface area contributed by atoms with E-state index in [-0.39, 0.29) is 5.78 Å². The van der Waals surface area contributed by atoms with Crippen molar-refractivity contribution < 1.29 is 23.7 Å². The van der Waals surface area contributed by atoms with E-state index in [4.69, 9.17) is 18.9 Å². The monoisotopic (exact) mass is 416 g/mol. The summed E-state index contributed by atoms with van der Waals surface area (Å²) in [6.07, 6.45) is 0.986. The van der Waals surface area contributed by atoms with Crippen molar-refractivity contribution in [1.29, 1.82) is 0 Å². The lowest BCUT2D eigenvalue weighted by Gasteiger charge is -2.14. The summed E-state index contributed by atoms with van der Waals surface area (Å²) in [5.74, 6) is 0.194. The Morgan fingerprint density at radius 3 is 1.69 bits per heavy atom. The summed E-state index contributed by atoms with van der Waals surface area (Å²) in [7, 11) is 1.56. The molecule has 0 aliphatic heterocycles. The predicted octanol–water partition coefficient (Wildman–Crippen LogP) is 1.20.